The first-order chi connectivity index (χ1) is 13.0. The Balaban J connectivity index is 1.86. The maximum absolute atomic E-state index is 12.8. The number of aromatic nitrogens is 1. The molecule has 0 atom stereocenters. The summed E-state index contributed by atoms with van der Waals surface area (Å²) in [5.41, 5.74) is 3.65. The van der Waals surface area contributed by atoms with Crippen LogP contribution in [0.2, 0.25) is 0 Å². The molecule has 0 unspecified atom stereocenters. The van der Waals surface area contributed by atoms with Gasteiger partial charge in [0.1, 0.15) is 13.2 Å². The van der Waals surface area contributed by atoms with Gasteiger partial charge in [0.05, 0.1) is 10.2 Å². The van der Waals surface area contributed by atoms with Crippen LogP contribution in [-0.2, 0) is 6.54 Å². The largest absolute Gasteiger partial charge is 0.486 e. The van der Waals surface area contributed by atoms with Gasteiger partial charge in [-0.3, -0.25) is 4.79 Å². The Bertz CT molecular complexity index is 1100. The number of carbonyl (C=O) groups excluding carboxylic acids is 1. The van der Waals surface area contributed by atoms with Crippen LogP contribution in [0, 0.1) is 13.8 Å². The third-order valence-corrected chi connectivity index (χ3v) is 5.37. The lowest BCUT2D eigenvalue weighted by Crippen LogP contribution is -2.17. The zero-order valence-electron chi connectivity index (χ0n) is 15.3. The highest BCUT2D eigenvalue weighted by Crippen LogP contribution is 2.35. The van der Waals surface area contributed by atoms with Crippen molar-refractivity contribution in [1.82, 2.24) is 4.57 Å². The monoisotopic (exact) mass is 380 g/mol. The Morgan fingerprint density at radius 2 is 1.81 bits per heavy atom. The molecule has 27 heavy (non-hydrogen) atoms. The summed E-state index contributed by atoms with van der Waals surface area (Å²) in [6.07, 6.45) is 1.79. The van der Waals surface area contributed by atoms with Gasteiger partial charge in [0.25, 0.3) is 5.91 Å². The van der Waals surface area contributed by atoms with Crippen LogP contribution in [0.4, 0.5) is 0 Å². The van der Waals surface area contributed by atoms with E-state index in [0.717, 1.165) is 32.8 Å². The average Bonchev–Trinajstić information content (AvgIpc) is 2.95. The van der Waals surface area contributed by atoms with E-state index in [1.54, 1.807) is 6.08 Å². The highest BCUT2D eigenvalue weighted by molar-refractivity contribution is 7.16. The normalized spacial score (nSPS) is 13.8. The summed E-state index contributed by atoms with van der Waals surface area (Å²) >= 11 is 1.46. The van der Waals surface area contributed by atoms with E-state index in [1.165, 1.54) is 11.3 Å². The molecule has 2 aromatic carbocycles. The minimum Gasteiger partial charge on any atom is -0.486 e. The molecule has 4 rings (SSSR count). The number of ether oxygens (including phenoxy) is 2. The zero-order chi connectivity index (χ0) is 19.0. The van der Waals surface area contributed by atoms with Crippen LogP contribution in [0.25, 0.3) is 10.2 Å². The number of carbonyl (C=O) groups is 1. The number of thiazole rings is 1. The van der Waals surface area contributed by atoms with Crippen LogP contribution >= 0.6 is 11.3 Å². The molecule has 0 spiro atoms. The van der Waals surface area contributed by atoms with Crippen LogP contribution in [0.5, 0.6) is 11.5 Å². The van der Waals surface area contributed by atoms with Gasteiger partial charge in [-0.2, -0.15) is 4.99 Å². The number of hydrogen-bond acceptors (Lipinski definition) is 4. The van der Waals surface area contributed by atoms with Gasteiger partial charge >= 0.3 is 0 Å². The van der Waals surface area contributed by atoms with E-state index >= 15 is 0 Å². The highest BCUT2D eigenvalue weighted by Gasteiger charge is 2.16. The standard InChI is InChI=1S/C21H20N2O3S/c1-4-5-23-16-11-17-18(26-7-6-25-17)12-19(16)27-21(23)22-20(24)15-9-13(2)8-14(3)10-15/h4,8-12H,1,5-7H2,2-3H3. The number of amides is 1. The molecule has 0 radical (unpaired) electrons. The number of fused-ring (bicyclic) bond motifs is 2. The van der Waals surface area contributed by atoms with Crippen LogP contribution in [0.1, 0.15) is 21.5 Å². The lowest BCUT2D eigenvalue weighted by atomic mass is 10.1. The number of allylic oxidation sites excluding steroid dienone is 1. The van der Waals surface area contributed by atoms with Crippen molar-refractivity contribution in [3.8, 4) is 11.5 Å². The Kier molecular flexibility index (Phi) is 4.58. The van der Waals surface area contributed by atoms with Crippen molar-refractivity contribution < 1.29 is 14.3 Å². The molecule has 5 nitrogen and oxygen atoms in total. The van der Waals surface area contributed by atoms with Crippen molar-refractivity contribution in [1.29, 1.82) is 0 Å². The molecule has 2 heterocycles. The maximum atomic E-state index is 12.8. The fraction of sp³-hybridized carbons (Fsp3) is 0.238. The topological polar surface area (TPSA) is 52.8 Å². The number of aryl methyl sites for hydroxylation is 2. The molecule has 1 amide bonds. The number of nitrogens with zero attached hydrogens (tertiary/aromatic N) is 2. The summed E-state index contributed by atoms with van der Waals surface area (Å²) in [6, 6.07) is 9.67. The minimum absolute atomic E-state index is 0.247. The van der Waals surface area contributed by atoms with Crippen molar-refractivity contribution in [2.45, 2.75) is 20.4 Å². The van der Waals surface area contributed by atoms with Gasteiger partial charge in [0, 0.05) is 24.2 Å². The number of benzene rings is 2. The van der Waals surface area contributed by atoms with E-state index in [-0.39, 0.29) is 5.91 Å². The molecule has 1 aliphatic rings. The van der Waals surface area contributed by atoms with Crippen molar-refractivity contribution >= 4 is 27.5 Å². The summed E-state index contributed by atoms with van der Waals surface area (Å²) in [7, 11) is 0. The Morgan fingerprint density at radius 3 is 2.48 bits per heavy atom. The van der Waals surface area contributed by atoms with E-state index in [2.05, 4.69) is 11.6 Å². The smallest absolute Gasteiger partial charge is 0.279 e. The predicted molar refractivity (Wildman–Crippen MR) is 107 cm³/mol. The molecule has 0 aliphatic carbocycles. The minimum atomic E-state index is -0.247. The predicted octanol–water partition coefficient (Wildman–Crippen LogP) is 4.02. The first-order valence-electron chi connectivity index (χ1n) is 8.76. The summed E-state index contributed by atoms with van der Waals surface area (Å²) in [6.45, 7) is 9.42. The van der Waals surface area contributed by atoms with Crippen LogP contribution < -0.4 is 14.3 Å². The molecule has 0 saturated carbocycles. The second kappa shape index (κ2) is 7.04. The summed E-state index contributed by atoms with van der Waals surface area (Å²) in [5.74, 6) is 1.20. The lowest BCUT2D eigenvalue weighted by molar-refractivity contribution is 0.0997. The molecule has 0 fully saturated rings. The second-order valence-electron chi connectivity index (χ2n) is 6.54. The van der Waals surface area contributed by atoms with Gasteiger partial charge < -0.3 is 14.0 Å². The lowest BCUT2D eigenvalue weighted by Gasteiger charge is -2.18. The third kappa shape index (κ3) is 3.40. The Hall–Kier alpha value is -2.86. The first-order valence-corrected chi connectivity index (χ1v) is 9.58. The van der Waals surface area contributed by atoms with Gasteiger partial charge in [-0.05, 0) is 26.0 Å². The van der Waals surface area contributed by atoms with Crippen molar-refractivity contribution in [3.63, 3.8) is 0 Å². The summed E-state index contributed by atoms with van der Waals surface area (Å²) in [5, 5.41) is 0. The molecular weight excluding hydrogens is 360 g/mol. The van der Waals surface area contributed by atoms with E-state index in [4.69, 9.17) is 9.47 Å². The molecule has 0 N–H and O–H groups in total. The van der Waals surface area contributed by atoms with E-state index in [9.17, 15) is 4.79 Å². The molecule has 138 valence electrons. The van der Waals surface area contributed by atoms with Gasteiger partial charge in [-0.25, -0.2) is 0 Å². The van der Waals surface area contributed by atoms with E-state index in [0.29, 0.717) is 30.1 Å². The Morgan fingerprint density at radius 1 is 1.15 bits per heavy atom. The third-order valence-electron chi connectivity index (χ3n) is 4.32. The number of rotatable bonds is 3. The molecule has 0 saturated heterocycles. The van der Waals surface area contributed by atoms with Crippen molar-refractivity contribution in [2.75, 3.05) is 13.2 Å². The fourth-order valence-electron chi connectivity index (χ4n) is 3.25. The first kappa shape index (κ1) is 17.5. The van der Waals surface area contributed by atoms with Crippen molar-refractivity contribution in [3.05, 3.63) is 64.5 Å². The van der Waals surface area contributed by atoms with Gasteiger partial charge in [0.2, 0.25) is 0 Å². The molecule has 3 aromatic rings. The van der Waals surface area contributed by atoms with Crippen molar-refractivity contribution in [2.24, 2.45) is 4.99 Å². The number of hydrogen-bond donors (Lipinski definition) is 0. The van der Waals surface area contributed by atoms with Gasteiger partial charge in [-0.1, -0.05) is 34.6 Å². The molecule has 1 aliphatic heterocycles. The van der Waals surface area contributed by atoms with E-state index in [1.807, 2.05) is 48.7 Å². The molecular formula is C21H20N2O3S. The fourth-order valence-corrected chi connectivity index (χ4v) is 4.29. The highest BCUT2D eigenvalue weighted by atomic mass is 32.1. The molecule has 6 heteroatoms. The van der Waals surface area contributed by atoms with Crippen LogP contribution in [0.3, 0.4) is 0 Å². The van der Waals surface area contributed by atoms with Gasteiger partial charge in [-0.15, -0.1) is 6.58 Å². The Labute approximate surface area is 161 Å². The maximum Gasteiger partial charge on any atom is 0.279 e. The molecule has 1 aromatic heterocycles. The second-order valence-corrected chi connectivity index (χ2v) is 7.55. The SMILES string of the molecule is C=CCn1c(=NC(=O)c2cc(C)cc(C)c2)sc2cc3c(cc21)OCCO3. The van der Waals surface area contributed by atoms with Crippen LogP contribution in [0.15, 0.2) is 48.0 Å². The summed E-state index contributed by atoms with van der Waals surface area (Å²) in [4.78, 5) is 17.8. The zero-order valence-corrected chi connectivity index (χ0v) is 16.1. The molecule has 0 bridgehead atoms. The van der Waals surface area contributed by atoms with Crippen LogP contribution in [-0.4, -0.2) is 23.7 Å². The average molecular weight is 380 g/mol. The summed E-state index contributed by atoms with van der Waals surface area (Å²) < 4.78 is 14.3. The van der Waals surface area contributed by atoms with E-state index < -0.39 is 0 Å². The quantitative estimate of drug-likeness (QED) is 0.645. The van der Waals surface area contributed by atoms with Gasteiger partial charge in [0.15, 0.2) is 16.3 Å².